The smallest absolute Gasteiger partial charge is 0.242 e. The van der Waals surface area contributed by atoms with Crippen LogP contribution in [0.1, 0.15) is 13.3 Å². The lowest BCUT2D eigenvalue weighted by Crippen LogP contribution is -2.54. The molecule has 22 heavy (non-hydrogen) atoms. The first kappa shape index (κ1) is 13.9. The van der Waals surface area contributed by atoms with Crippen molar-refractivity contribution in [1.82, 2.24) is 15.1 Å². The van der Waals surface area contributed by atoms with Crippen LogP contribution in [-0.4, -0.2) is 59.7 Å². The number of carbonyl (C=O) groups is 3. The van der Waals surface area contributed by atoms with E-state index >= 15 is 0 Å². The van der Waals surface area contributed by atoms with Crippen molar-refractivity contribution < 1.29 is 14.4 Å². The fraction of sp³-hybridized carbons (Fsp3) is 0.688. The maximum atomic E-state index is 12.6. The summed E-state index contributed by atoms with van der Waals surface area (Å²) in [5.41, 5.74) is 0. The third kappa shape index (κ3) is 1.93. The van der Waals surface area contributed by atoms with Crippen LogP contribution >= 0.6 is 0 Å². The van der Waals surface area contributed by atoms with Gasteiger partial charge in [-0.25, -0.2) is 0 Å². The van der Waals surface area contributed by atoms with Gasteiger partial charge < -0.3 is 10.2 Å². The van der Waals surface area contributed by atoms with E-state index in [0.717, 1.165) is 13.0 Å². The number of hydrogen-bond acceptors (Lipinski definition) is 4. The summed E-state index contributed by atoms with van der Waals surface area (Å²) in [6.07, 6.45) is 5.06. The SMILES string of the molecule is C[C@@H]1CN(C(=O)CN2C(=O)C3C4C=CC(C4)C3C2=O)CCN1. The van der Waals surface area contributed by atoms with Crippen molar-refractivity contribution in [2.45, 2.75) is 19.4 Å². The highest BCUT2D eigenvalue weighted by Crippen LogP contribution is 2.52. The van der Waals surface area contributed by atoms with E-state index in [4.69, 9.17) is 0 Å². The molecule has 3 fully saturated rings. The van der Waals surface area contributed by atoms with Gasteiger partial charge in [0.05, 0.1) is 11.8 Å². The van der Waals surface area contributed by atoms with Gasteiger partial charge in [-0.3, -0.25) is 19.3 Å². The molecule has 0 aromatic rings. The normalized spacial score (nSPS) is 39.8. The number of nitrogens with zero attached hydrogens (tertiary/aromatic N) is 2. The Bertz CT molecular complexity index is 543. The van der Waals surface area contributed by atoms with Crippen molar-refractivity contribution in [2.75, 3.05) is 26.2 Å². The van der Waals surface area contributed by atoms with Crippen molar-refractivity contribution in [2.24, 2.45) is 23.7 Å². The summed E-state index contributed by atoms with van der Waals surface area (Å²) in [6.45, 7) is 3.97. The summed E-state index contributed by atoms with van der Waals surface area (Å²) in [7, 11) is 0. The molecule has 4 unspecified atom stereocenters. The highest BCUT2D eigenvalue weighted by atomic mass is 16.2. The third-order valence-corrected chi connectivity index (χ3v) is 5.58. The fourth-order valence-electron chi connectivity index (χ4n) is 4.51. The number of amides is 3. The quantitative estimate of drug-likeness (QED) is 0.557. The zero-order chi connectivity index (χ0) is 15.4. The Hall–Kier alpha value is -1.69. The molecule has 118 valence electrons. The number of likely N-dealkylation sites (tertiary alicyclic amines) is 1. The highest BCUT2D eigenvalue weighted by Gasteiger charge is 2.59. The molecular weight excluding hydrogens is 282 g/mol. The Morgan fingerprint density at radius 3 is 2.45 bits per heavy atom. The Labute approximate surface area is 129 Å². The minimum absolute atomic E-state index is 0.0865. The van der Waals surface area contributed by atoms with Crippen LogP contribution in [0.2, 0.25) is 0 Å². The molecule has 6 heteroatoms. The Morgan fingerprint density at radius 2 is 1.86 bits per heavy atom. The van der Waals surface area contributed by atoms with Gasteiger partial charge in [0, 0.05) is 25.7 Å². The van der Waals surface area contributed by atoms with Crippen LogP contribution < -0.4 is 5.32 Å². The van der Waals surface area contributed by atoms with Crippen LogP contribution in [0.5, 0.6) is 0 Å². The topological polar surface area (TPSA) is 69.7 Å². The summed E-state index contributed by atoms with van der Waals surface area (Å²) in [4.78, 5) is 40.5. The van der Waals surface area contributed by atoms with Crippen molar-refractivity contribution >= 4 is 17.7 Å². The lowest BCUT2D eigenvalue weighted by molar-refractivity contribution is -0.147. The van der Waals surface area contributed by atoms with Crippen LogP contribution in [0.4, 0.5) is 0 Å². The lowest BCUT2D eigenvalue weighted by atomic mass is 9.85. The maximum Gasteiger partial charge on any atom is 0.242 e. The highest BCUT2D eigenvalue weighted by molar-refractivity contribution is 6.08. The summed E-state index contributed by atoms with van der Waals surface area (Å²) >= 11 is 0. The summed E-state index contributed by atoms with van der Waals surface area (Å²) in [5.74, 6) is -0.409. The van der Waals surface area contributed by atoms with E-state index in [9.17, 15) is 14.4 Å². The van der Waals surface area contributed by atoms with Crippen molar-refractivity contribution in [1.29, 1.82) is 0 Å². The predicted molar refractivity (Wildman–Crippen MR) is 78.5 cm³/mol. The molecule has 0 aromatic heterocycles. The van der Waals surface area contributed by atoms with E-state index in [2.05, 4.69) is 17.5 Å². The number of piperazine rings is 1. The Kier molecular flexibility index (Phi) is 3.11. The molecule has 5 atom stereocenters. The molecule has 2 heterocycles. The van der Waals surface area contributed by atoms with Crippen LogP contribution in [0.15, 0.2) is 12.2 Å². The van der Waals surface area contributed by atoms with E-state index in [-0.39, 0.29) is 54.0 Å². The number of fused-ring (bicyclic) bond motifs is 5. The van der Waals surface area contributed by atoms with Crippen LogP contribution in [-0.2, 0) is 14.4 Å². The van der Waals surface area contributed by atoms with Gasteiger partial charge in [0.2, 0.25) is 17.7 Å². The molecule has 0 spiro atoms. The van der Waals surface area contributed by atoms with E-state index < -0.39 is 0 Å². The van der Waals surface area contributed by atoms with Gasteiger partial charge in [0.25, 0.3) is 0 Å². The molecule has 2 bridgehead atoms. The molecule has 4 aliphatic rings. The predicted octanol–water partition coefficient (Wildman–Crippen LogP) is -0.386. The molecule has 3 amide bonds. The number of nitrogens with one attached hydrogen (secondary N) is 1. The monoisotopic (exact) mass is 303 g/mol. The van der Waals surface area contributed by atoms with Gasteiger partial charge in [-0.2, -0.15) is 0 Å². The lowest BCUT2D eigenvalue weighted by Gasteiger charge is -2.32. The van der Waals surface area contributed by atoms with Gasteiger partial charge in [0.15, 0.2) is 0 Å². The van der Waals surface area contributed by atoms with E-state index in [1.54, 1.807) is 4.90 Å². The van der Waals surface area contributed by atoms with Gasteiger partial charge in [-0.1, -0.05) is 12.2 Å². The fourth-order valence-corrected chi connectivity index (χ4v) is 4.51. The van der Waals surface area contributed by atoms with Crippen molar-refractivity contribution in [3.8, 4) is 0 Å². The number of allylic oxidation sites excluding steroid dienone is 2. The van der Waals surface area contributed by atoms with E-state index in [1.807, 2.05) is 6.92 Å². The van der Waals surface area contributed by atoms with E-state index in [0.29, 0.717) is 13.1 Å². The molecule has 1 N–H and O–H groups in total. The van der Waals surface area contributed by atoms with Crippen molar-refractivity contribution in [3.63, 3.8) is 0 Å². The molecule has 4 rings (SSSR count). The van der Waals surface area contributed by atoms with Crippen LogP contribution in [0.25, 0.3) is 0 Å². The second-order valence-electron chi connectivity index (χ2n) is 6.96. The van der Waals surface area contributed by atoms with Gasteiger partial charge in [0.1, 0.15) is 6.54 Å². The standard InChI is InChI=1S/C16H21N3O3/c1-9-7-18(5-4-17-9)12(20)8-19-15(21)13-10-2-3-11(6-10)14(13)16(19)22/h2-3,9-11,13-14,17H,4-8H2,1H3/t9-,10?,11?,13?,14?/m1/s1. The number of carbonyl (C=O) groups excluding carboxylic acids is 3. The first-order valence-electron chi connectivity index (χ1n) is 8.11. The zero-order valence-corrected chi connectivity index (χ0v) is 12.7. The second kappa shape index (κ2) is 4.91. The minimum atomic E-state index is -0.211. The molecular formula is C16H21N3O3. The van der Waals surface area contributed by atoms with E-state index in [1.165, 1.54) is 4.90 Å². The molecule has 2 aliphatic carbocycles. The first-order chi connectivity index (χ1) is 10.6. The Morgan fingerprint density at radius 1 is 1.23 bits per heavy atom. The average molecular weight is 303 g/mol. The minimum Gasteiger partial charge on any atom is -0.338 e. The Balaban J connectivity index is 1.47. The number of hydrogen-bond donors (Lipinski definition) is 1. The van der Waals surface area contributed by atoms with Crippen LogP contribution in [0, 0.1) is 23.7 Å². The molecule has 6 nitrogen and oxygen atoms in total. The molecule has 0 aromatic carbocycles. The summed E-state index contributed by atoms with van der Waals surface area (Å²) in [5, 5.41) is 3.28. The zero-order valence-electron chi connectivity index (χ0n) is 12.7. The summed E-state index contributed by atoms with van der Waals surface area (Å²) < 4.78 is 0. The molecule has 1 saturated carbocycles. The first-order valence-corrected chi connectivity index (χ1v) is 8.11. The van der Waals surface area contributed by atoms with Crippen molar-refractivity contribution in [3.05, 3.63) is 12.2 Å². The molecule has 0 radical (unpaired) electrons. The molecule has 2 saturated heterocycles. The maximum absolute atomic E-state index is 12.6. The third-order valence-electron chi connectivity index (χ3n) is 5.58. The molecule has 2 aliphatic heterocycles. The largest absolute Gasteiger partial charge is 0.338 e. The average Bonchev–Trinajstić information content (AvgIpc) is 3.17. The number of imide groups is 1. The van der Waals surface area contributed by atoms with Gasteiger partial charge >= 0.3 is 0 Å². The van der Waals surface area contributed by atoms with Gasteiger partial charge in [-0.05, 0) is 25.2 Å². The van der Waals surface area contributed by atoms with Gasteiger partial charge in [-0.15, -0.1) is 0 Å². The second-order valence-corrected chi connectivity index (χ2v) is 6.96. The van der Waals surface area contributed by atoms with Crippen LogP contribution in [0.3, 0.4) is 0 Å². The summed E-state index contributed by atoms with van der Waals surface area (Å²) in [6, 6.07) is 0.252. The number of rotatable bonds is 2.